The van der Waals surface area contributed by atoms with E-state index in [9.17, 15) is 4.79 Å². The number of amides is 1. The molecule has 150 valence electrons. The third-order valence-electron chi connectivity index (χ3n) is 6.34. The third-order valence-corrected chi connectivity index (χ3v) is 6.34. The molecule has 30 heavy (non-hydrogen) atoms. The van der Waals surface area contributed by atoms with Crippen LogP contribution in [0, 0.1) is 6.92 Å². The molecule has 2 aromatic carbocycles. The molecule has 1 amide bonds. The fourth-order valence-corrected chi connectivity index (χ4v) is 4.92. The van der Waals surface area contributed by atoms with E-state index < -0.39 is 0 Å². The standard InChI is InChI=1S/C27H26N2O/c1-19-8-7-13-25(28-19)27-24-18-21-11-5-6-12-22(21)23(24)16-17-29(27)26(30)15-14-20-9-3-2-4-10-20/h2-13,27H,14-18H2,1H3/t27-/m1/s1. The lowest BCUT2D eigenvalue weighted by Gasteiger charge is -2.37. The summed E-state index contributed by atoms with van der Waals surface area (Å²) in [6.45, 7) is 2.77. The Hall–Kier alpha value is -3.20. The van der Waals surface area contributed by atoms with Gasteiger partial charge in [-0.3, -0.25) is 9.78 Å². The number of aryl methyl sites for hydroxylation is 2. The van der Waals surface area contributed by atoms with E-state index in [0.717, 1.165) is 37.2 Å². The molecule has 1 aromatic heterocycles. The fourth-order valence-electron chi connectivity index (χ4n) is 4.92. The van der Waals surface area contributed by atoms with Gasteiger partial charge in [0.25, 0.3) is 0 Å². The molecule has 1 aliphatic carbocycles. The Morgan fingerprint density at radius 1 is 1.00 bits per heavy atom. The van der Waals surface area contributed by atoms with Crippen molar-refractivity contribution < 1.29 is 4.79 Å². The van der Waals surface area contributed by atoms with Crippen molar-refractivity contribution in [3.63, 3.8) is 0 Å². The van der Waals surface area contributed by atoms with Gasteiger partial charge in [0, 0.05) is 18.7 Å². The zero-order valence-electron chi connectivity index (χ0n) is 17.3. The minimum absolute atomic E-state index is 0.0654. The van der Waals surface area contributed by atoms with Gasteiger partial charge in [0.1, 0.15) is 0 Å². The highest BCUT2D eigenvalue weighted by molar-refractivity contribution is 5.83. The first-order valence-electron chi connectivity index (χ1n) is 10.8. The maximum absolute atomic E-state index is 13.4. The van der Waals surface area contributed by atoms with Crippen molar-refractivity contribution in [2.75, 3.05) is 6.54 Å². The molecule has 0 N–H and O–H groups in total. The van der Waals surface area contributed by atoms with Crippen LogP contribution in [0.2, 0.25) is 0 Å². The van der Waals surface area contributed by atoms with E-state index >= 15 is 0 Å². The van der Waals surface area contributed by atoms with Crippen LogP contribution in [0.1, 0.15) is 47.0 Å². The van der Waals surface area contributed by atoms with Crippen LogP contribution >= 0.6 is 0 Å². The summed E-state index contributed by atoms with van der Waals surface area (Å²) < 4.78 is 0. The summed E-state index contributed by atoms with van der Waals surface area (Å²) in [7, 11) is 0. The molecule has 0 bridgehead atoms. The minimum Gasteiger partial charge on any atom is -0.330 e. The number of aromatic nitrogens is 1. The van der Waals surface area contributed by atoms with Crippen molar-refractivity contribution in [1.82, 2.24) is 9.88 Å². The van der Waals surface area contributed by atoms with Gasteiger partial charge in [0.2, 0.25) is 5.91 Å². The van der Waals surface area contributed by atoms with E-state index in [4.69, 9.17) is 4.98 Å². The van der Waals surface area contributed by atoms with Crippen LogP contribution in [0.15, 0.2) is 78.4 Å². The lowest BCUT2D eigenvalue weighted by molar-refractivity contribution is -0.133. The molecular formula is C27H26N2O. The zero-order chi connectivity index (χ0) is 20.5. The zero-order valence-corrected chi connectivity index (χ0v) is 17.3. The number of carbonyl (C=O) groups excluding carboxylic acids is 1. The number of rotatable bonds is 4. The first kappa shape index (κ1) is 18.8. The molecule has 0 saturated carbocycles. The monoisotopic (exact) mass is 394 g/mol. The second kappa shape index (κ2) is 7.91. The number of hydrogen-bond donors (Lipinski definition) is 0. The van der Waals surface area contributed by atoms with Crippen LogP contribution in [0.3, 0.4) is 0 Å². The summed E-state index contributed by atoms with van der Waals surface area (Å²) in [5.74, 6) is 0.217. The maximum Gasteiger partial charge on any atom is 0.223 e. The number of pyridine rings is 1. The largest absolute Gasteiger partial charge is 0.330 e. The quantitative estimate of drug-likeness (QED) is 0.601. The van der Waals surface area contributed by atoms with E-state index in [1.54, 1.807) is 0 Å². The summed E-state index contributed by atoms with van der Waals surface area (Å²) in [4.78, 5) is 20.3. The second-order valence-electron chi connectivity index (χ2n) is 8.27. The van der Waals surface area contributed by atoms with Crippen LogP contribution < -0.4 is 0 Å². The minimum atomic E-state index is -0.0654. The highest BCUT2D eigenvalue weighted by Gasteiger charge is 2.38. The van der Waals surface area contributed by atoms with Crippen LogP contribution in [-0.2, 0) is 17.6 Å². The van der Waals surface area contributed by atoms with Crippen LogP contribution in [0.25, 0.3) is 5.57 Å². The van der Waals surface area contributed by atoms with Crippen LogP contribution in [0.4, 0.5) is 0 Å². The average molecular weight is 395 g/mol. The molecule has 1 atom stereocenters. The smallest absolute Gasteiger partial charge is 0.223 e. The fraction of sp³-hybridized carbons (Fsp3) is 0.259. The number of carbonyl (C=O) groups is 1. The first-order chi connectivity index (χ1) is 14.7. The number of fused-ring (bicyclic) bond motifs is 2. The van der Waals surface area contributed by atoms with Crippen LogP contribution in [0.5, 0.6) is 0 Å². The molecule has 5 rings (SSSR count). The summed E-state index contributed by atoms with van der Waals surface area (Å²) in [5, 5.41) is 0. The Balaban J connectivity index is 1.48. The summed E-state index contributed by atoms with van der Waals surface area (Å²) in [6, 6.07) is 25.0. The Labute approximate surface area is 178 Å². The summed E-state index contributed by atoms with van der Waals surface area (Å²) in [5.41, 5.74) is 8.71. The molecule has 0 spiro atoms. The highest BCUT2D eigenvalue weighted by Crippen LogP contribution is 2.46. The van der Waals surface area contributed by atoms with E-state index in [1.165, 1.54) is 27.8 Å². The average Bonchev–Trinajstić information content (AvgIpc) is 3.16. The molecule has 3 aromatic rings. The molecule has 0 unspecified atom stereocenters. The van der Waals surface area contributed by atoms with Gasteiger partial charge in [0.15, 0.2) is 0 Å². The maximum atomic E-state index is 13.4. The van der Waals surface area contributed by atoms with Gasteiger partial charge in [-0.05, 0) is 66.2 Å². The first-order valence-corrected chi connectivity index (χ1v) is 10.8. The molecule has 0 radical (unpaired) electrons. The summed E-state index contributed by atoms with van der Waals surface area (Å²) in [6.07, 6.45) is 3.14. The van der Waals surface area contributed by atoms with Crippen molar-refractivity contribution in [2.45, 2.75) is 38.6 Å². The van der Waals surface area contributed by atoms with Crippen molar-refractivity contribution in [1.29, 1.82) is 0 Å². The molecule has 3 heteroatoms. The van der Waals surface area contributed by atoms with E-state index in [2.05, 4.69) is 53.4 Å². The van der Waals surface area contributed by atoms with Gasteiger partial charge in [-0.25, -0.2) is 0 Å². The Kier molecular flexibility index (Phi) is 4.96. The molecule has 2 aliphatic rings. The van der Waals surface area contributed by atoms with Gasteiger partial charge in [-0.1, -0.05) is 60.7 Å². The molecule has 2 heterocycles. The Morgan fingerprint density at radius 3 is 2.63 bits per heavy atom. The van der Waals surface area contributed by atoms with Crippen molar-refractivity contribution in [3.05, 3.63) is 106 Å². The SMILES string of the molecule is Cc1cccc([C@H]2C3=C(CCN2C(=O)CCc2ccccc2)c2ccccc2C3)n1. The number of hydrogen-bond acceptors (Lipinski definition) is 2. The summed E-state index contributed by atoms with van der Waals surface area (Å²) >= 11 is 0. The molecule has 0 fully saturated rings. The van der Waals surface area contributed by atoms with E-state index in [0.29, 0.717) is 6.42 Å². The lowest BCUT2D eigenvalue weighted by atomic mass is 9.90. The molecule has 1 aliphatic heterocycles. The van der Waals surface area contributed by atoms with Crippen LogP contribution in [-0.4, -0.2) is 22.3 Å². The topological polar surface area (TPSA) is 33.2 Å². The van der Waals surface area contributed by atoms with Gasteiger partial charge >= 0.3 is 0 Å². The van der Waals surface area contributed by atoms with Gasteiger partial charge in [0.05, 0.1) is 11.7 Å². The molecular weight excluding hydrogens is 368 g/mol. The van der Waals surface area contributed by atoms with Gasteiger partial charge in [-0.2, -0.15) is 0 Å². The predicted octanol–water partition coefficient (Wildman–Crippen LogP) is 5.31. The van der Waals surface area contributed by atoms with E-state index in [1.807, 2.05) is 31.2 Å². The Morgan fingerprint density at radius 2 is 1.80 bits per heavy atom. The highest BCUT2D eigenvalue weighted by atomic mass is 16.2. The van der Waals surface area contributed by atoms with Crippen molar-refractivity contribution >= 4 is 11.5 Å². The molecule has 0 saturated heterocycles. The van der Waals surface area contributed by atoms with Gasteiger partial charge in [-0.15, -0.1) is 0 Å². The second-order valence-corrected chi connectivity index (χ2v) is 8.27. The van der Waals surface area contributed by atoms with Gasteiger partial charge < -0.3 is 4.90 Å². The molecule has 3 nitrogen and oxygen atoms in total. The lowest BCUT2D eigenvalue weighted by Crippen LogP contribution is -2.40. The normalized spacial score (nSPS) is 17.6. The predicted molar refractivity (Wildman–Crippen MR) is 120 cm³/mol. The number of benzene rings is 2. The van der Waals surface area contributed by atoms with E-state index in [-0.39, 0.29) is 11.9 Å². The van der Waals surface area contributed by atoms with Crippen molar-refractivity contribution in [3.8, 4) is 0 Å². The third kappa shape index (κ3) is 3.45. The number of nitrogens with zero attached hydrogens (tertiary/aromatic N) is 2. The van der Waals surface area contributed by atoms with Crippen molar-refractivity contribution in [2.24, 2.45) is 0 Å². The Bertz CT molecular complexity index is 1120.